The lowest BCUT2D eigenvalue weighted by Gasteiger charge is -2.33. The van der Waals surface area contributed by atoms with Gasteiger partial charge in [-0.2, -0.15) is 13.2 Å². The number of amides is 1. The van der Waals surface area contributed by atoms with Crippen LogP contribution in [0.1, 0.15) is 44.9 Å². The van der Waals surface area contributed by atoms with Crippen molar-refractivity contribution in [2.75, 3.05) is 19.6 Å². The number of carbonyl (C=O) groups is 1. The van der Waals surface area contributed by atoms with Gasteiger partial charge in [0.15, 0.2) is 0 Å². The lowest BCUT2D eigenvalue weighted by atomic mass is 9.84. The third-order valence-electron chi connectivity index (χ3n) is 4.39. The van der Waals surface area contributed by atoms with Crippen molar-refractivity contribution in [3.63, 3.8) is 0 Å². The van der Waals surface area contributed by atoms with Gasteiger partial charge in [-0.3, -0.25) is 4.79 Å². The zero-order valence-electron chi connectivity index (χ0n) is 11.7. The number of likely N-dealkylation sites (tertiary alicyclic amines) is 1. The molecule has 0 aromatic rings. The molecule has 0 aromatic heterocycles. The van der Waals surface area contributed by atoms with E-state index in [9.17, 15) is 18.0 Å². The molecule has 1 aliphatic heterocycles. The highest BCUT2D eigenvalue weighted by Crippen LogP contribution is 2.37. The van der Waals surface area contributed by atoms with Crippen LogP contribution in [-0.2, 0) is 4.79 Å². The number of nitrogens with zero attached hydrogens (tertiary/aromatic N) is 1. The summed E-state index contributed by atoms with van der Waals surface area (Å²) >= 11 is 0. The van der Waals surface area contributed by atoms with Gasteiger partial charge in [-0.1, -0.05) is 12.8 Å². The second-order valence-electron chi connectivity index (χ2n) is 5.83. The first-order valence-electron chi connectivity index (χ1n) is 7.56. The maximum atomic E-state index is 12.9. The van der Waals surface area contributed by atoms with E-state index in [0.717, 1.165) is 32.4 Å². The predicted octanol–water partition coefficient (Wildman–Crippen LogP) is 2.71. The molecular formula is C14H23F3N2O. The molecule has 116 valence electrons. The minimum atomic E-state index is -4.13. The fourth-order valence-corrected chi connectivity index (χ4v) is 3.26. The Labute approximate surface area is 117 Å². The molecule has 2 fully saturated rings. The maximum Gasteiger partial charge on any atom is 0.393 e. The first kappa shape index (κ1) is 15.6. The van der Waals surface area contributed by atoms with Crippen LogP contribution in [0.3, 0.4) is 0 Å². The zero-order chi connectivity index (χ0) is 14.6. The highest BCUT2D eigenvalue weighted by molar-refractivity contribution is 5.76. The van der Waals surface area contributed by atoms with Crippen LogP contribution in [0.15, 0.2) is 0 Å². The Kier molecular flexibility index (Phi) is 5.29. The number of rotatable bonds is 4. The number of alkyl halides is 3. The molecule has 1 heterocycles. The Morgan fingerprint density at radius 3 is 2.40 bits per heavy atom. The molecule has 20 heavy (non-hydrogen) atoms. The van der Waals surface area contributed by atoms with Gasteiger partial charge in [0, 0.05) is 32.1 Å². The van der Waals surface area contributed by atoms with Crippen molar-refractivity contribution in [2.24, 2.45) is 5.92 Å². The molecule has 0 radical (unpaired) electrons. The van der Waals surface area contributed by atoms with E-state index < -0.39 is 18.1 Å². The molecule has 1 saturated heterocycles. The van der Waals surface area contributed by atoms with Crippen molar-refractivity contribution >= 4 is 5.91 Å². The van der Waals surface area contributed by atoms with Gasteiger partial charge < -0.3 is 10.2 Å². The van der Waals surface area contributed by atoms with Gasteiger partial charge in [0.05, 0.1) is 5.92 Å². The van der Waals surface area contributed by atoms with E-state index in [0.29, 0.717) is 25.8 Å². The second-order valence-corrected chi connectivity index (χ2v) is 5.83. The fraction of sp³-hybridized carbons (Fsp3) is 0.929. The SMILES string of the molecule is O=C(CCNC1CCCCC1C(F)(F)F)N1CCCC1. The lowest BCUT2D eigenvalue weighted by Crippen LogP contribution is -2.46. The van der Waals surface area contributed by atoms with Gasteiger partial charge in [-0.05, 0) is 25.7 Å². The van der Waals surface area contributed by atoms with Crippen molar-refractivity contribution in [2.45, 2.75) is 57.2 Å². The van der Waals surface area contributed by atoms with Gasteiger partial charge in [0.1, 0.15) is 0 Å². The second kappa shape index (κ2) is 6.78. The van der Waals surface area contributed by atoms with Gasteiger partial charge >= 0.3 is 6.18 Å². The highest BCUT2D eigenvalue weighted by atomic mass is 19.4. The number of nitrogens with one attached hydrogen (secondary N) is 1. The average molecular weight is 292 g/mol. The topological polar surface area (TPSA) is 32.3 Å². The van der Waals surface area contributed by atoms with Crippen molar-refractivity contribution in [1.29, 1.82) is 0 Å². The first-order chi connectivity index (χ1) is 9.48. The Morgan fingerprint density at radius 1 is 1.10 bits per heavy atom. The molecule has 2 atom stereocenters. The lowest BCUT2D eigenvalue weighted by molar-refractivity contribution is -0.188. The molecule has 1 N–H and O–H groups in total. The largest absolute Gasteiger partial charge is 0.393 e. The maximum absolute atomic E-state index is 12.9. The summed E-state index contributed by atoms with van der Waals surface area (Å²) in [5.41, 5.74) is 0. The van der Waals surface area contributed by atoms with Crippen LogP contribution in [0, 0.1) is 5.92 Å². The van der Waals surface area contributed by atoms with E-state index in [4.69, 9.17) is 0 Å². The zero-order valence-corrected chi connectivity index (χ0v) is 11.7. The van der Waals surface area contributed by atoms with Crippen molar-refractivity contribution in [3.8, 4) is 0 Å². The van der Waals surface area contributed by atoms with Gasteiger partial charge in [-0.15, -0.1) is 0 Å². The molecule has 0 aromatic carbocycles. The molecule has 1 aliphatic carbocycles. The summed E-state index contributed by atoms with van der Waals surface area (Å²) in [6.45, 7) is 1.95. The Balaban J connectivity index is 1.75. The van der Waals surface area contributed by atoms with E-state index in [1.165, 1.54) is 0 Å². The van der Waals surface area contributed by atoms with Crippen LogP contribution < -0.4 is 5.32 Å². The van der Waals surface area contributed by atoms with Gasteiger partial charge in [0.25, 0.3) is 0 Å². The van der Waals surface area contributed by atoms with Crippen LogP contribution in [0.2, 0.25) is 0 Å². The molecule has 1 saturated carbocycles. The summed E-state index contributed by atoms with van der Waals surface area (Å²) in [6, 6.07) is -0.518. The predicted molar refractivity (Wildman–Crippen MR) is 70.2 cm³/mol. The molecule has 2 rings (SSSR count). The summed E-state index contributed by atoms with van der Waals surface area (Å²) in [5.74, 6) is -1.19. The van der Waals surface area contributed by atoms with Crippen molar-refractivity contribution in [3.05, 3.63) is 0 Å². The Morgan fingerprint density at radius 2 is 1.75 bits per heavy atom. The van der Waals surface area contributed by atoms with Crippen LogP contribution in [0.5, 0.6) is 0 Å². The Hall–Kier alpha value is -0.780. The summed E-state index contributed by atoms with van der Waals surface area (Å²) in [5, 5.41) is 2.97. The van der Waals surface area contributed by atoms with Crippen LogP contribution >= 0.6 is 0 Å². The minimum Gasteiger partial charge on any atom is -0.343 e. The summed E-state index contributed by atoms with van der Waals surface area (Å²) in [4.78, 5) is 13.6. The van der Waals surface area contributed by atoms with Crippen molar-refractivity contribution in [1.82, 2.24) is 10.2 Å². The summed E-state index contributed by atoms with van der Waals surface area (Å²) in [7, 11) is 0. The van der Waals surface area contributed by atoms with E-state index in [-0.39, 0.29) is 12.3 Å². The first-order valence-corrected chi connectivity index (χ1v) is 7.56. The molecule has 6 heteroatoms. The molecule has 3 nitrogen and oxygen atoms in total. The quantitative estimate of drug-likeness (QED) is 0.864. The van der Waals surface area contributed by atoms with Crippen LogP contribution in [0.4, 0.5) is 13.2 Å². The third kappa shape index (κ3) is 4.11. The van der Waals surface area contributed by atoms with Crippen LogP contribution in [0.25, 0.3) is 0 Å². The molecule has 0 spiro atoms. The fourth-order valence-electron chi connectivity index (χ4n) is 3.26. The van der Waals surface area contributed by atoms with E-state index in [1.807, 2.05) is 4.90 Å². The molecule has 2 aliphatic rings. The minimum absolute atomic E-state index is 0.0642. The smallest absolute Gasteiger partial charge is 0.343 e. The summed E-state index contributed by atoms with van der Waals surface area (Å²) in [6.07, 6.45) is 0.511. The van der Waals surface area contributed by atoms with Crippen LogP contribution in [-0.4, -0.2) is 42.7 Å². The molecule has 0 bridgehead atoms. The molecule has 2 unspecified atom stereocenters. The highest BCUT2D eigenvalue weighted by Gasteiger charge is 2.45. The van der Waals surface area contributed by atoms with E-state index in [2.05, 4.69) is 5.32 Å². The summed E-state index contributed by atoms with van der Waals surface area (Å²) < 4.78 is 38.7. The van der Waals surface area contributed by atoms with Gasteiger partial charge in [0.2, 0.25) is 5.91 Å². The molecule has 1 amide bonds. The van der Waals surface area contributed by atoms with E-state index >= 15 is 0 Å². The number of hydrogen-bond donors (Lipinski definition) is 1. The normalized spacial score (nSPS) is 27.9. The molecular weight excluding hydrogens is 269 g/mol. The number of halogens is 3. The standard InChI is InChI=1S/C14H23F3N2O/c15-14(16,17)11-5-1-2-6-12(11)18-8-7-13(20)19-9-3-4-10-19/h11-12,18H,1-10H2. The van der Waals surface area contributed by atoms with Gasteiger partial charge in [-0.25, -0.2) is 0 Å². The number of carbonyl (C=O) groups excluding carboxylic acids is 1. The monoisotopic (exact) mass is 292 g/mol. The third-order valence-corrected chi connectivity index (χ3v) is 4.39. The van der Waals surface area contributed by atoms with E-state index in [1.54, 1.807) is 0 Å². The Bertz CT molecular complexity index is 327. The van der Waals surface area contributed by atoms with Crippen molar-refractivity contribution < 1.29 is 18.0 Å². The average Bonchev–Trinajstić information content (AvgIpc) is 2.92. The number of hydrogen-bond acceptors (Lipinski definition) is 2.